The zero-order chi connectivity index (χ0) is 13.8. The van der Waals surface area contributed by atoms with Crippen LogP contribution in [-0.2, 0) is 0 Å². The quantitative estimate of drug-likeness (QED) is 0.832. The van der Waals surface area contributed by atoms with Crippen LogP contribution in [-0.4, -0.2) is 5.91 Å². The summed E-state index contributed by atoms with van der Waals surface area (Å²) in [6, 6.07) is 12.9. The summed E-state index contributed by atoms with van der Waals surface area (Å²) in [7, 11) is 0. The summed E-state index contributed by atoms with van der Waals surface area (Å²) < 4.78 is 13.5. The van der Waals surface area contributed by atoms with Crippen molar-refractivity contribution in [3.05, 3.63) is 65.5 Å². The van der Waals surface area contributed by atoms with Crippen molar-refractivity contribution >= 4 is 11.6 Å². The average molecular weight is 258 g/mol. The number of carbonyl (C=O) groups is 1. The minimum atomic E-state index is -0.534. The summed E-state index contributed by atoms with van der Waals surface area (Å²) >= 11 is 0. The fourth-order valence-electron chi connectivity index (χ4n) is 1.90. The van der Waals surface area contributed by atoms with Gasteiger partial charge in [-0.3, -0.25) is 4.79 Å². The molecule has 3 nitrogen and oxygen atoms in total. The van der Waals surface area contributed by atoms with Gasteiger partial charge < -0.3 is 11.1 Å². The van der Waals surface area contributed by atoms with E-state index in [1.807, 2.05) is 25.1 Å². The van der Waals surface area contributed by atoms with Crippen LogP contribution in [0.2, 0.25) is 0 Å². The molecule has 0 saturated carbocycles. The van der Waals surface area contributed by atoms with Gasteiger partial charge >= 0.3 is 0 Å². The van der Waals surface area contributed by atoms with E-state index in [-0.39, 0.29) is 11.6 Å². The molecule has 98 valence electrons. The number of hydrogen-bond acceptors (Lipinski definition) is 2. The second-order valence-corrected chi connectivity index (χ2v) is 4.30. The van der Waals surface area contributed by atoms with Crippen LogP contribution in [0.3, 0.4) is 0 Å². The molecule has 0 aliphatic rings. The Labute approximate surface area is 111 Å². The molecule has 0 aliphatic heterocycles. The second kappa shape index (κ2) is 5.52. The minimum absolute atomic E-state index is 0.0313. The number of anilines is 1. The van der Waals surface area contributed by atoms with E-state index in [9.17, 15) is 9.18 Å². The topological polar surface area (TPSA) is 55.1 Å². The maximum atomic E-state index is 13.5. The van der Waals surface area contributed by atoms with Gasteiger partial charge in [-0.05, 0) is 30.7 Å². The third-order valence-corrected chi connectivity index (χ3v) is 2.93. The zero-order valence-corrected chi connectivity index (χ0v) is 10.6. The lowest BCUT2D eigenvalue weighted by atomic mass is 10.1. The number of carbonyl (C=O) groups excluding carboxylic acids is 1. The summed E-state index contributed by atoms with van der Waals surface area (Å²) in [5.41, 5.74) is 7.28. The molecule has 1 atom stereocenters. The van der Waals surface area contributed by atoms with Gasteiger partial charge in [-0.1, -0.05) is 30.3 Å². The first kappa shape index (κ1) is 13.1. The van der Waals surface area contributed by atoms with Crippen molar-refractivity contribution in [1.29, 1.82) is 0 Å². The number of benzene rings is 2. The van der Waals surface area contributed by atoms with E-state index in [1.54, 1.807) is 18.2 Å². The normalized spacial score (nSPS) is 11.9. The number of nitrogens with one attached hydrogen (secondary N) is 1. The third-order valence-electron chi connectivity index (χ3n) is 2.93. The SMILES string of the molecule is CC(NC(=O)c1ccccc1F)c1ccccc1N. The Bertz CT molecular complexity index is 598. The molecule has 4 heteroatoms. The van der Waals surface area contributed by atoms with Gasteiger partial charge in [0.05, 0.1) is 11.6 Å². The smallest absolute Gasteiger partial charge is 0.254 e. The molecular weight excluding hydrogens is 243 g/mol. The molecule has 2 aromatic carbocycles. The van der Waals surface area contributed by atoms with E-state index in [0.29, 0.717) is 5.69 Å². The highest BCUT2D eigenvalue weighted by Crippen LogP contribution is 2.20. The van der Waals surface area contributed by atoms with Crippen LogP contribution in [0.4, 0.5) is 10.1 Å². The molecule has 3 N–H and O–H groups in total. The van der Waals surface area contributed by atoms with Gasteiger partial charge in [0.2, 0.25) is 0 Å². The molecule has 0 fully saturated rings. The predicted molar refractivity (Wildman–Crippen MR) is 73.1 cm³/mol. The van der Waals surface area contributed by atoms with E-state index in [0.717, 1.165) is 5.56 Å². The van der Waals surface area contributed by atoms with Gasteiger partial charge in [0, 0.05) is 5.69 Å². The number of para-hydroxylation sites is 1. The van der Waals surface area contributed by atoms with Crippen LogP contribution >= 0.6 is 0 Å². The summed E-state index contributed by atoms with van der Waals surface area (Å²) in [4.78, 5) is 12.0. The Morgan fingerprint density at radius 2 is 1.79 bits per heavy atom. The van der Waals surface area contributed by atoms with Crippen LogP contribution in [0.15, 0.2) is 48.5 Å². The predicted octanol–water partition coefficient (Wildman–Crippen LogP) is 2.90. The van der Waals surface area contributed by atoms with E-state index in [2.05, 4.69) is 5.32 Å². The minimum Gasteiger partial charge on any atom is -0.398 e. The van der Waals surface area contributed by atoms with Crippen molar-refractivity contribution in [2.24, 2.45) is 0 Å². The van der Waals surface area contributed by atoms with Crippen molar-refractivity contribution in [2.45, 2.75) is 13.0 Å². The van der Waals surface area contributed by atoms with Crippen LogP contribution in [0.1, 0.15) is 28.9 Å². The van der Waals surface area contributed by atoms with Gasteiger partial charge in [-0.15, -0.1) is 0 Å². The highest BCUT2D eigenvalue weighted by atomic mass is 19.1. The Hall–Kier alpha value is -2.36. The number of nitrogen functional groups attached to an aromatic ring is 1. The number of hydrogen-bond donors (Lipinski definition) is 2. The number of nitrogens with two attached hydrogens (primary N) is 1. The van der Waals surface area contributed by atoms with Gasteiger partial charge in [0.1, 0.15) is 5.82 Å². The van der Waals surface area contributed by atoms with Crippen molar-refractivity contribution in [3.8, 4) is 0 Å². The molecule has 0 heterocycles. The molecular formula is C15H15FN2O. The van der Waals surface area contributed by atoms with Gasteiger partial charge in [-0.25, -0.2) is 4.39 Å². The maximum absolute atomic E-state index is 13.5. The molecule has 0 aliphatic carbocycles. The molecule has 19 heavy (non-hydrogen) atoms. The van der Waals surface area contributed by atoms with Crippen molar-refractivity contribution in [2.75, 3.05) is 5.73 Å². The molecule has 0 aromatic heterocycles. The first-order valence-electron chi connectivity index (χ1n) is 5.99. The van der Waals surface area contributed by atoms with Crippen molar-refractivity contribution < 1.29 is 9.18 Å². The Kier molecular flexibility index (Phi) is 3.80. The fourth-order valence-corrected chi connectivity index (χ4v) is 1.90. The first-order valence-corrected chi connectivity index (χ1v) is 5.99. The van der Waals surface area contributed by atoms with Gasteiger partial charge in [0.25, 0.3) is 5.91 Å². The zero-order valence-electron chi connectivity index (χ0n) is 10.6. The van der Waals surface area contributed by atoms with Crippen LogP contribution < -0.4 is 11.1 Å². The van der Waals surface area contributed by atoms with Crippen LogP contribution in [0, 0.1) is 5.82 Å². The second-order valence-electron chi connectivity index (χ2n) is 4.30. The van der Waals surface area contributed by atoms with Crippen LogP contribution in [0.5, 0.6) is 0 Å². The van der Waals surface area contributed by atoms with Gasteiger partial charge in [-0.2, -0.15) is 0 Å². The molecule has 1 unspecified atom stereocenters. The van der Waals surface area contributed by atoms with E-state index in [1.165, 1.54) is 12.1 Å². The number of amides is 1. The summed E-state index contributed by atoms with van der Waals surface area (Å²) in [6.45, 7) is 1.81. The average Bonchev–Trinajstić information content (AvgIpc) is 2.39. The Morgan fingerprint density at radius 3 is 2.47 bits per heavy atom. The molecule has 2 aromatic rings. The molecule has 0 spiro atoms. The Morgan fingerprint density at radius 1 is 1.16 bits per heavy atom. The van der Waals surface area contributed by atoms with Crippen LogP contribution in [0.25, 0.3) is 0 Å². The van der Waals surface area contributed by atoms with E-state index in [4.69, 9.17) is 5.73 Å². The molecule has 0 bridgehead atoms. The molecule has 2 rings (SSSR count). The number of halogens is 1. The summed E-state index contributed by atoms with van der Waals surface area (Å²) in [6.07, 6.45) is 0. The monoisotopic (exact) mass is 258 g/mol. The summed E-state index contributed by atoms with van der Waals surface area (Å²) in [5.74, 6) is -0.984. The molecule has 0 saturated heterocycles. The van der Waals surface area contributed by atoms with Crippen molar-refractivity contribution in [1.82, 2.24) is 5.32 Å². The highest BCUT2D eigenvalue weighted by molar-refractivity contribution is 5.94. The fraction of sp³-hybridized carbons (Fsp3) is 0.133. The van der Waals surface area contributed by atoms with Gasteiger partial charge in [0.15, 0.2) is 0 Å². The lowest BCUT2D eigenvalue weighted by Crippen LogP contribution is -2.27. The standard InChI is InChI=1S/C15H15FN2O/c1-10(11-6-3-5-9-14(11)17)18-15(19)12-7-2-4-8-13(12)16/h2-10H,17H2,1H3,(H,18,19). The van der Waals surface area contributed by atoms with Crippen molar-refractivity contribution in [3.63, 3.8) is 0 Å². The van der Waals surface area contributed by atoms with E-state index < -0.39 is 11.7 Å². The number of rotatable bonds is 3. The first-order chi connectivity index (χ1) is 9.09. The Balaban J connectivity index is 2.16. The molecule has 0 radical (unpaired) electrons. The van der Waals surface area contributed by atoms with E-state index >= 15 is 0 Å². The third kappa shape index (κ3) is 2.91. The largest absolute Gasteiger partial charge is 0.398 e. The maximum Gasteiger partial charge on any atom is 0.254 e. The lowest BCUT2D eigenvalue weighted by Gasteiger charge is -2.16. The molecule has 1 amide bonds. The summed E-state index contributed by atoms with van der Waals surface area (Å²) in [5, 5.41) is 2.74. The lowest BCUT2D eigenvalue weighted by molar-refractivity contribution is 0.0936. The highest BCUT2D eigenvalue weighted by Gasteiger charge is 2.15.